The van der Waals surface area contributed by atoms with Crippen molar-refractivity contribution in [3.8, 4) is 5.75 Å². The highest BCUT2D eigenvalue weighted by atomic mass is 19.4. The van der Waals surface area contributed by atoms with Gasteiger partial charge in [-0.1, -0.05) is 12.1 Å². The number of carbonyl (C=O) groups excluding carboxylic acids is 1. The zero-order valence-electron chi connectivity index (χ0n) is 14.7. The normalized spacial score (nSPS) is 21.2. The summed E-state index contributed by atoms with van der Waals surface area (Å²) in [6, 6.07) is 4.95. The molecule has 28 heavy (non-hydrogen) atoms. The largest absolute Gasteiger partial charge is 0.573 e. The van der Waals surface area contributed by atoms with Gasteiger partial charge in [-0.15, -0.1) is 13.2 Å². The maximum Gasteiger partial charge on any atom is 0.573 e. The molecule has 8 nitrogen and oxygen atoms in total. The van der Waals surface area contributed by atoms with E-state index >= 15 is 0 Å². The molecule has 2 bridgehead atoms. The van der Waals surface area contributed by atoms with Crippen molar-refractivity contribution in [2.45, 2.75) is 50.8 Å². The van der Waals surface area contributed by atoms with Gasteiger partial charge < -0.3 is 15.0 Å². The standard InChI is InChI=1S/C17H18F3N5O3/c18-17(19,20)28-13-5-1-10(2-6-13)8-21-15(26)25-11-3-4-12(25)9-24-14(7-11)22-23-16(24)27/h1-2,5-6,11-12H,3-4,7-9H2,(H,21,26)(H,23,27)/t11-,12+/m0/s1. The average molecular weight is 397 g/mol. The molecule has 3 heterocycles. The van der Waals surface area contributed by atoms with Crippen molar-refractivity contribution in [1.82, 2.24) is 25.0 Å². The number of benzene rings is 1. The lowest BCUT2D eigenvalue weighted by atomic mass is 10.1. The van der Waals surface area contributed by atoms with Crippen LogP contribution >= 0.6 is 0 Å². The van der Waals surface area contributed by atoms with Crippen molar-refractivity contribution >= 4 is 6.03 Å². The number of aromatic nitrogens is 3. The minimum absolute atomic E-state index is 0.0380. The second-order valence-electron chi connectivity index (χ2n) is 6.90. The summed E-state index contributed by atoms with van der Waals surface area (Å²) in [7, 11) is 0. The Balaban J connectivity index is 1.39. The number of halogens is 3. The maximum atomic E-state index is 12.7. The van der Waals surface area contributed by atoms with E-state index in [0.717, 1.165) is 12.8 Å². The molecule has 2 N–H and O–H groups in total. The molecular formula is C17H18F3N5O3. The highest BCUT2D eigenvalue weighted by Gasteiger charge is 2.40. The molecule has 4 rings (SSSR count). The number of aromatic amines is 1. The Kier molecular flexibility index (Phi) is 4.52. The lowest BCUT2D eigenvalue weighted by Crippen LogP contribution is -2.47. The Hall–Kier alpha value is -2.98. The fourth-order valence-electron chi connectivity index (χ4n) is 3.87. The van der Waals surface area contributed by atoms with E-state index in [1.165, 1.54) is 24.3 Å². The fourth-order valence-corrected chi connectivity index (χ4v) is 3.87. The molecule has 1 aromatic carbocycles. The third-order valence-electron chi connectivity index (χ3n) is 5.10. The number of hydrogen-bond donors (Lipinski definition) is 2. The van der Waals surface area contributed by atoms with E-state index in [-0.39, 0.29) is 36.1 Å². The number of amides is 2. The number of carbonyl (C=O) groups is 1. The number of nitrogens with one attached hydrogen (secondary N) is 2. The van der Waals surface area contributed by atoms with Gasteiger partial charge in [-0.2, -0.15) is 5.10 Å². The molecule has 1 aromatic heterocycles. The number of ether oxygens (including phenoxy) is 1. The molecule has 2 amide bonds. The first-order valence-electron chi connectivity index (χ1n) is 8.85. The summed E-state index contributed by atoms with van der Waals surface area (Å²) < 4.78 is 42.0. The van der Waals surface area contributed by atoms with E-state index in [1.807, 2.05) is 0 Å². The third kappa shape index (κ3) is 3.69. The number of hydrogen-bond acceptors (Lipinski definition) is 4. The van der Waals surface area contributed by atoms with Crippen LogP contribution < -0.4 is 15.7 Å². The predicted molar refractivity (Wildman–Crippen MR) is 90.6 cm³/mol. The van der Waals surface area contributed by atoms with E-state index in [2.05, 4.69) is 20.3 Å². The number of fused-ring (bicyclic) bond motifs is 3. The highest BCUT2D eigenvalue weighted by Crippen LogP contribution is 2.30. The Labute approximate surface area is 157 Å². The van der Waals surface area contributed by atoms with Crippen molar-refractivity contribution in [1.29, 1.82) is 0 Å². The molecule has 0 saturated carbocycles. The Bertz CT molecular complexity index is 921. The summed E-state index contributed by atoms with van der Waals surface area (Å²) in [5, 5.41) is 9.28. The molecule has 0 unspecified atom stereocenters. The Morgan fingerprint density at radius 1 is 1.25 bits per heavy atom. The fraction of sp³-hybridized carbons (Fsp3) is 0.471. The summed E-state index contributed by atoms with van der Waals surface area (Å²) in [4.78, 5) is 26.3. The Morgan fingerprint density at radius 3 is 2.68 bits per heavy atom. The zero-order valence-corrected chi connectivity index (χ0v) is 14.7. The molecule has 11 heteroatoms. The van der Waals surface area contributed by atoms with Crippen molar-refractivity contribution in [3.63, 3.8) is 0 Å². The zero-order chi connectivity index (χ0) is 19.9. The topological polar surface area (TPSA) is 92.2 Å². The lowest BCUT2D eigenvalue weighted by Gasteiger charge is -2.28. The number of alkyl halides is 3. The molecule has 2 aliphatic heterocycles. The van der Waals surface area contributed by atoms with E-state index in [0.29, 0.717) is 24.4 Å². The summed E-state index contributed by atoms with van der Waals surface area (Å²) in [5.74, 6) is 0.336. The van der Waals surface area contributed by atoms with Gasteiger partial charge in [0.15, 0.2) is 0 Å². The molecule has 2 atom stereocenters. The van der Waals surface area contributed by atoms with Gasteiger partial charge in [0.2, 0.25) is 0 Å². The van der Waals surface area contributed by atoms with Crippen LogP contribution in [0, 0.1) is 0 Å². The van der Waals surface area contributed by atoms with Gasteiger partial charge in [-0.05, 0) is 30.5 Å². The molecule has 0 spiro atoms. The van der Waals surface area contributed by atoms with Crippen molar-refractivity contribution in [3.05, 3.63) is 46.1 Å². The smallest absolute Gasteiger partial charge is 0.406 e. The quantitative estimate of drug-likeness (QED) is 0.826. The van der Waals surface area contributed by atoms with Gasteiger partial charge in [0.25, 0.3) is 0 Å². The number of rotatable bonds is 3. The molecule has 2 aliphatic rings. The highest BCUT2D eigenvalue weighted by molar-refractivity contribution is 5.75. The molecule has 150 valence electrons. The minimum atomic E-state index is -4.74. The van der Waals surface area contributed by atoms with E-state index in [9.17, 15) is 22.8 Å². The van der Waals surface area contributed by atoms with Gasteiger partial charge in [0.05, 0.1) is 6.04 Å². The van der Waals surface area contributed by atoms with Gasteiger partial charge in [0, 0.05) is 25.6 Å². The van der Waals surface area contributed by atoms with Crippen LogP contribution in [-0.4, -0.2) is 44.1 Å². The number of urea groups is 1. The first-order chi connectivity index (χ1) is 13.3. The van der Waals surface area contributed by atoms with Crippen LogP contribution in [0.5, 0.6) is 5.75 Å². The van der Waals surface area contributed by atoms with E-state index < -0.39 is 6.36 Å². The summed E-state index contributed by atoms with van der Waals surface area (Å²) in [5.41, 5.74) is 0.374. The summed E-state index contributed by atoms with van der Waals surface area (Å²) >= 11 is 0. The van der Waals surface area contributed by atoms with Crippen LogP contribution in [0.3, 0.4) is 0 Å². The van der Waals surface area contributed by atoms with E-state index in [4.69, 9.17) is 0 Å². The van der Waals surface area contributed by atoms with Crippen LogP contribution in [0.25, 0.3) is 0 Å². The molecule has 1 saturated heterocycles. The van der Waals surface area contributed by atoms with Gasteiger partial charge in [0.1, 0.15) is 11.6 Å². The van der Waals surface area contributed by atoms with Crippen LogP contribution in [0.15, 0.2) is 29.1 Å². The monoisotopic (exact) mass is 397 g/mol. The van der Waals surface area contributed by atoms with Crippen LogP contribution in [0.2, 0.25) is 0 Å². The van der Waals surface area contributed by atoms with Gasteiger partial charge >= 0.3 is 18.1 Å². The van der Waals surface area contributed by atoms with Crippen LogP contribution in [0.1, 0.15) is 24.2 Å². The second-order valence-corrected chi connectivity index (χ2v) is 6.90. The van der Waals surface area contributed by atoms with Crippen molar-refractivity contribution < 1.29 is 22.7 Å². The summed E-state index contributed by atoms with van der Waals surface area (Å²) in [6.45, 7) is 0.574. The molecule has 1 fully saturated rings. The molecule has 0 aliphatic carbocycles. The maximum absolute atomic E-state index is 12.7. The van der Waals surface area contributed by atoms with Crippen LogP contribution in [-0.2, 0) is 19.5 Å². The van der Waals surface area contributed by atoms with E-state index in [1.54, 1.807) is 9.47 Å². The average Bonchev–Trinajstić information content (AvgIpc) is 3.11. The first kappa shape index (κ1) is 18.4. The van der Waals surface area contributed by atoms with Crippen molar-refractivity contribution in [2.75, 3.05) is 0 Å². The molecule has 2 aromatic rings. The second kappa shape index (κ2) is 6.88. The van der Waals surface area contributed by atoms with Crippen molar-refractivity contribution in [2.24, 2.45) is 0 Å². The lowest BCUT2D eigenvalue weighted by molar-refractivity contribution is -0.274. The Morgan fingerprint density at radius 2 is 1.96 bits per heavy atom. The first-order valence-corrected chi connectivity index (χ1v) is 8.85. The third-order valence-corrected chi connectivity index (χ3v) is 5.10. The molecule has 0 radical (unpaired) electrons. The van der Waals surface area contributed by atoms with Crippen LogP contribution in [0.4, 0.5) is 18.0 Å². The van der Waals surface area contributed by atoms with Gasteiger partial charge in [-0.3, -0.25) is 4.57 Å². The summed E-state index contributed by atoms with van der Waals surface area (Å²) in [6.07, 6.45) is -2.59. The minimum Gasteiger partial charge on any atom is -0.406 e. The molecular weight excluding hydrogens is 379 g/mol. The predicted octanol–water partition coefficient (Wildman–Crippen LogP) is 1.77. The number of nitrogens with zero attached hydrogens (tertiary/aromatic N) is 3. The SMILES string of the molecule is O=C(NCc1ccc(OC(F)(F)F)cc1)N1[C@@H]2CC[C@H]1Cc1n[nH]c(=O)n1C2. The van der Waals surface area contributed by atoms with Gasteiger partial charge in [-0.25, -0.2) is 14.7 Å². The number of H-pyrrole nitrogens is 1.